The molecule has 0 saturated carbocycles. The number of carbonyl (C=O) groups excluding carboxylic acids is 1. The number of carbonyl (C=O) groups is 1. The molecule has 0 bridgehead atoms. The first-order valence-corrected chi connectivity index (χ1v) is 6.42. The first kappa shape index (κ1) is 13.0. The number of rotatable bonds is 2. The summed E-state index contributed by atoms with van der Waals surface area (Å²) in [4.78, 5) is 14.6. The molecule has 1 saturated heterocycles. The predicted octanol–water partition coefficient (Wildman–Crippen LogP) is 0.949. The number of hydrogen-bond donors (Lipinski definition) is 1. The van der Waals surface area contributed by atoms with Crippen molar-refractivity contribution < 1.29 is 4.79 Å². The molecule has 98 valence electrons. The van der Waals surface area contributed by atoms with Crippen molar-refractivity contribution in [1.82, 2.24) is 14.7 Å². The Kier molecular flexibility index (Phi) is 3.38. The van der Waals surface area contributed by atoms with Crippen molar-refractivity contribution in [3.63, 3.8) is 0 Å². The van der Waals surface area contributed by atoms with Gasteiger partial charge in [-0.25, -0.2) is 0 Å². The number of hydrogen-bond acceptors (Lipinski definition) is 3. The quantitative estimate of drug-likeness (QED) is 0.809. The molecule has 0 aliphatic carbocycles. The van der Waals surface area contributed by atoms with Gasteiger partial charge in [0.1, 0.15) is 5.69 Å². The average Bonchev–Trinajstić information content (AvgIpc) is 2.76. The second-order valence-corrected chi connectivity index (χ2v) is 5.53. The van der Waals surface area contributed by atoms with Crippen LogP contribution in [0.15, 0.2) is 12.3 Å². The van der Waals surface area contributed by atoms with Gasteiger partial charge in [-0.1, -0.05) is 19.1 Å². The number of nitrogens with two attached hydrogens (primary N) is 1. The van der Waals surface area contributed by atoms with Crippen molar-refractivity contribution in [2.45, 2.75) is 19.8 Å². The first-order chi connectivity index (χ1) is 8.42. The summed E-state index contributed by atoms with van der Waals surface area (Å²) >= 11 is 5.09. The molecule has 2 rings (SSSR count). The van der Waals surface area contributed by atoms with Crippen LogP contribution in [-0.2, 0) is 7.05 Å². The van der Waals surface area contributed by atoms with Gasteiger partial charge in [0.2, 0.25) is 0 Å². The van der Waals surface area contributed by atoms with Crippen molar-refractivity contribution in [2.24, 2.45) is 18.2 Å². The third-order valence-electron chi connectivity index (χ3n) is 3.68. The zero-order valence-electron chi connectivity index (χ0n) is 10.7. The molecule has 0 unspecified atom stereocenters. The molecule has 0 aromatic carbocycles. The van der Waals surface area contributed by atoms with Crippen molar-refractivity contribution in [2.75, 3.05) is 13.1 Å². The minimum Gasteiger partial charge on any atom is -0.393 e. The van der Waals surface area contributed by atoms with Crippen molar-refractivity contribution in [3.05, 3.63) is 18.0 Å². The van der Waals surface area contributed by atoms with Gasteiger partial charge < -0.3 is 10.6 Å². The Balaban J connectivity index is 2.02. The van der Waals surface area contributed by atoms with Crippen LogP contribution >= 0.6 is 12.2 Å². The molecule has 0 radical (unpaired) electrons. The van der Waals surface area contributed by atoms with E-state index in [-0.39, 0.29) is 11.3 Å². The first-order valence-electron chi connectivity index (χ1n) is 6.01. The van der Waals surface area contributed by atoms with Gasteiger partial charge in [0, 0.05) is 31.7 Å². The Morgan fingerprint density at radius 3 is 2.56 bits per heavy atom. The third kappa shape index (κ3) is 2.38. The predicted molar refractivity (Wildman–Crippen MR) is 73.2 cm³/mol. The van der Waals surface area contributed by atoms with Crippen LogP contribution < -0.4 is 5.73 Å². The lowest BCUT2D eigenvalue weighted by atomic mass is 9.80. The highest BCUT2D eigenvalue weighted by Crippen LogP contribution is 2.31. The molecule has 1 aliphatic heterocycles. The molecule has 1 amide bonds. The lowest BCUT2D eigenvalue weighted by molar-refractivity contribution is 0.0663. The van der Waals surface area contributed by atoms with Gasteiger partial charge in [-0.05, 0) is 18.9 Å². The third-order valence-corrected chi connectivity index (χ3v) is 4.17. The zero-order chi connectivity index (χ0) is 13.3. The van der Waals surface area contributed by atoms with Gasteiger partial charge in [-0.15, -0.1) is 0 Å². The lowest BCUT2D eigenvalue weighted by Crippen LogP contribution is -2.46. The summed E-state index contributed by atoms with van der Waals surface area (Å²) in [5.74, 6) is -0.0133. The van der Waals surface area contributed by atoms with Crippen LogP contribution in [-0.4, -0.2) is 38.7 Å². The smallest absolute Gasteiger partial charge is 0.274 e. The second-order valence-electron chi connectivity index (χ2n) is 5.09. The van der Waals surface area contributed by atoms with Crippen LogP contribution in [0.25, 0.3) is 0 Å². The SMILES string of the molecule is Cn1ccc(C(=O)N2CCC(C)(C(N)=S)CC2)n1. The van der Waals surface area contributed by atoms with Gasteiger partial charge in [0.05, 0.1) is 4.99 Å². The Bertz CT molecular complexity index is 474. The molecule has 18 heavy (non-hydrogen) atoms. The van der Waals surface area contributed by atoms with E-state index in [9.17, 15) is 4.79 Å². The van der Waals surface area contributed by atoms with Gasteiger partial charge in [-0.2, -0.15) is 5.10 Å². The van der Waals surface area contributed by atoms with E-state index in [0.717, 1.165) is 12.8 Å². The number of aryl methyl sites for hydroxylation is 1. The van der Waals surface area contributed by atoms with E-state index in [1.165, 1.54) is 0 Å². The van der Waals surface area contributed by atoms with Crippen molar-refractivity contribution >= 4 is 23.1 Å². The lowest BCUT2D eigenvalue weighted by Gasteiger charge is -2.38. The molecular weight excluding hydrogens is 248 g/mol. The summed E-state index contributed by atoms with van der Waals surface area (Å²) in [6.45, 7) is 3.43. The summed E-state index contributed by atoms with van der Waals surface area (Å²) in [7, 11) is 1.80. The minimum absolute atomic E-state index is 0.0133. The van der Waals surface area contributed by atoms with E-state index in [2.05, 4.69) is 12.0 Å². The molecule has 1 fully saturated rings. The molecular formula is C12H18N4OS. The second kappa shape index (κ2) is 4.68. The van der Waals surface area contributed by atoms with E-state index in [1.54, 1.807) is 24.0 Å². The molecule has 6 heteroatoms. The number of amides is 1. The molecule has 0 spiro atoms. The monoisotopic (exact) mass is 266 g/mol. The summed E-state index contributed by atoms with van der Waals surface area (Å²) in [6.07, 6.45) is 3.41. The Labute approximate surface area is 112 Å². The molecule has 2 N–H and O–H groups in total. The largest absolute Gasteiger partial charge is 0.393 e. The maximum Gasteiger partial charge on any atom is 0.274 e. The summed E-state index contributed by atoms with van der Waals surface area (Å²) < 4.78 is 1.64. The number of thiocarbonyl (C=S) groups is 1. The van der Waals surface area contributed by atoms with Crippen molar-refractivity contribution in [3.8, 4) is 0 Å². The van der Waals surface area contributed by atoms with Crippen LogP contribution in [0.5, 0.6) is 0 Å². The van der Waals surface area contributed by atoms with Gasteiger partial charge in [-0.3, -0.25) is 9.48 Å². The molecule has 2 heterocycles. The summed E-state index contributed by atoms with van der Waals surface area (Å²) in [5.41, 5.74) is 6.13. The highest BCUT2D eigenvalue weighted by molar-refractivity contribution is 7.80. The highest BCUT2D eigenvalue weighted by atomic mass is 32.1. The van der Waals surface area contributed by atoms with E-state index < -0.39 is 0 Å². The molecule has 5 nitrogen and oxygen atoms in total. The van der Waals surface area contributed by atoms with Crippen molar-refractivity contribution in [1.29, 1.82) is 0 Å². The highest BCUT2D eigenvalue weighted by Gasteiger charge is 2.34. The van der Waals surface area contributed by atoms with Gasteiger partial charge in [0.15, 0.2) is 0 Å². The van der Waals surface area contributed by atoms with Gasteiger partial charge in [0.25, 0.3) is 5.91 Å². The zero-order valence-corrected chi connectivity index (χ0v) is 11.5. The fraction of sp³-hybridized carbons (Fsp3) is 0.583. The van der Waals surface area contributed by atoms with Crippen LogP contribution in [0.4, 0.5) is 0 Å². The van der Waals surface area contributed by atoms with Gasteiger partial charge >= 0.3 is 0 Å². The van der Waals surface area contributed by atoms with Crippen LogP contribution in [0.3, 0.4) is 0 Å². The van der Waals surface area contributed by atoms with E-state index in [1.807, 2.05) is 4.90 Å². The fourth-order valence-electron chi connectivity index (χ4n) is 2.14. The average molecular weight is 266 g/mol. The Hall–Kier alpha value is -1.43. The van der Waals surface area contributed by atoms with Crippen LogP contribution in [0.1, 0.15) is 30.3 Å². The van der Waals surface area contributed by atoms with Crippen LogP contribution in [0, 0.1) is 5.41 Å². The van der Waals surface area contributed by atoms with E-state index >= 15 is 0 Å². The fourth-order valence-corrected chi connectivity index (χ4v) is 2.34. The Morgan fingerprint density at radius 2 is 2.11 bits per heavy atom. The number of aromatic nitrogens is 2. The summed E-state index contributed by atoms with van der Waals surface area (Å²) in [5, 5.41) is 4.13. The topological polar surface area (TPSA) is 64.2 Å². The molecule has 1 aliphatic rings. The number of piperidine rings is 1. The maximum absolute atomic E-state index is 12.2. The molecule has 1 aromatic heterocycles. The minimum atomic E-state index is -0.115. The summed E-state index contributed by atoms with van der Waals surface area (Å²) in [6, 6.07) is 1.74. The number of nitrogens with zero attached hydrogens (tertiary/aromatic N) is 3. The number of likely N-dealkylation sites (tertiary alicyclic amines) is 1. The Morgan fingerprint density at radius 1 is 1.50 bits per heavy atom. The standard InChI is InChI=1S/C12H18N4OS/c1-12(11(13)18)4-7-16(8-5-12)10(17)9-3-6-15(2)14-9/h3,6H,4-5,7-8H2,1-2H3,(H2,13,18). The van der Waals surface area contributed by atoms with Crippen LogP contribution in [0.2, 0.25) is 0 Å². The van der Waals surface area contributed by atoms with E-state index in [0.29, 0.717) is 23.8 Å². The molecule has 1 aromatic rings. The maximum atomic E-state index is 12.2. The normalized spacial score (nSPS) is 18.7. The van der Waals surface area contributed by atoms with E-state index in [4.69, 9.17) is 18.0 Å². The molecule has 0 atom stereocenters.